The molecule has 2 aliphatic rings. The number of Topliss-reactive ketones (excluding diaryl/α,β-unsaturated/α-hetero) is 2. The van der Waals surface area contributed by atoms with Crippen molar-refractivity contribution in [3.05, 3.63) is 52.5 Å². The summed E-state index contributed by atoms with van der Waals surface area (Å²) in [5.41, 5.74) is 0.716. The average Bonchev–Trinajstić information content (AvgIpc) is 3.36. The van der Waals surface area contributed by atoms with Gasteiger partial charge in [-0.2, -0.15) is 0 Å². The monoisotopic (exact) mass is 400 g/mol. The Balaban J connectivity index is 1.63. The molecule has 7 nitrogen and oxygen atoms in total. The number of morpholine rings is 1. The minimum atomic E-state index is -1.02. The van der Waals surface area contributed by atoms with Crippen molar-refractivity contribution in [2.45, 2.75) is 6.04 Å². The summed E-state index contributed by atoms with van der Waals surface area (Å²) < 4.78 is 5.38. The van der Waals surface area contributed by atoms with Crippen LogP contribution in [-0.4, -0.2) is 66.8 Å². The standard InChI is InChI=1S/C20H21N3O4S/c24-18(15-4-2-12-28-15)16-17(14-3-1-5-21-13-14)23(20(26)19(16)25)7-6-22-8-10-27-11-9-22/h1-5,12-13,16-17H,6-11H2/p+1. The lowest BCUT2D eigenvalue weighted by Gasteiger charge is -2.29. The Bertz CT molecular complexity index is 850. The highest BCUT2D eigenvalue weighted by molar-refractivity contribution is 7.12. The lowest BCUT2D eigenvalue weighted by molar-refractivity contribution is -0.907. The van der Waals surface area contributed by atoms with Crippen LogP contribution in [0.2, 0.25) is 0 Å². The van der Waals surface area contributed by atoms with Gasteiger partial charge in [0.25, 0.3) is 5.91 Å². The fourth-order valence-electron chi connectivity index (χ4n) is 3.91. The molecule has 0 bridgehead atoms. The molecule has 28 heavy (non-hydrogen) atoms. The number of likely N-dealkylation sites (tertiary alicyclic amines) is 1. The molecule has 2 aromatic heterocycles. The van der Waals surface area contributed by atoms with E-state index in [9.17, 15) is 14.4 Å². The molecule has 2 saturated heterocycles. The Morgan fingerprint density at radius 3 is 2.75 bits per heavy atom. The number of amides is 1. The van der Waals surface area contributed by atoms with Crippen molar-refractivity contribution in [2.75, 3.05) is 39.4 Å². The van der Waals surface area contributed by atoms with E-state index in [1.165, 1.54) is 16.2 Å². The second kappa shape index (κ2) is 8.30. The fourth-order valence-corrected chi connectivity index (χ4v) is 4.62. The summed E-state index contributed by atoms with van der Waals surface area (Å²) in [6.45, 7) is 4.31. The molecule has 1 amide bonds. The van der Waals surface area contributed by atoms with Crippen LogP contribution in [0.4, 0.5) is 0 Å². The summed E-state index contributed by atoms with van der Waals surface area (Å²) in [6.07, 6.45) is 3.28. The van der Waals surface area contributed by atoms with Gasteiger partial charge in [-0.1, -0.05) is 12.1 Å². The van der Waals surface area contributed by atoms with Gasteiger partial charge in [0.2, 0.25) is 5.78 Å². The van der Waals surface area contributed by atoms with E-state index in [1.807, 2.05) is 6.07 Å². The summed E-state index contributed by atoms with van der Waals surface area (Å²) in [6, 6.07) is 6.46. The van der Waals surface area contributed by atoms with Crippen molar-refractivity contribution in [2.24, 2.45) is 5.92 Å². The number of hydrogen-bond donors (Lipinski definition) is 1. The number of ketones is 2. The molecule has 8 heteroatoms. The zero-order valence-electron chi connectivity index (χ0n) is 15.4. The normalized spacial score (nSPS) is 23.4. The number of pyridine rings is 1. The Kier molecular flexibility index (Phi) is 5.61. The van der Waals surface area contributed by atoms with Gasteiger partial charge >= 0.3 is 0 Å². The van der Waals surface area contributed by atoms with Crippen LogP contribution in [0.5, 0.6) is 0 Å². The number of rotatable bonds is 6. The second-order valence-electron chi connectivity index (χ2n) is 7.03. The number of nitrogens with zero attached hydrogens (tertiary/aromatic N) is 2. The zero-order valence-corrected chi connectivity index (χ0v) is 16.2. The van der Waals surface area contributed by atoms with Crippen LogP contribution in [0, 0.1) is 5.92 Å². The minimum Gasteiger partial charge on any atom is -0.370 e. The molecule has 2 unspecified atom stereocenters. The van der Waals surface area contributed by atoms with Crippen molar-refractivity contribution in [1.29, 1.82) is 0 Å². The molecule has 0 spiro atoms. The minimum absolute atomic E-state index is 0.288. The molecular formula is C20H22N3O4S+. The van der Waals surface area contributed by atoms with Crippen molar-refractivity contribution < 1.29 is 24.0 Å². The van der Waals surface area contributed by atoms with Gasteiger partial charge in [-0.3, -0.25) is 19.4 Å². The highest BCUT2D eigenvalue weighted by Gasteiger charge is 2.52. The van der Waals surface area contributed by atoms with Gasteiger partial charge < -0.3 is 14.5 Å². The molecule has 2 aromatic rings. The van der Waals surface area contributed by atoms with Crippen molar-refractivity contribution in [1.82, 2.24) is 9.88 Å². The molecule has 1 N–H and O–H groups in total. The first-order valence-electron chi connectivity index (χ1n) is 9.40. The number of carbonyl (C=O) groups is 3. The topological polar surface area (TPSA) is 81.0 Å². The molecule has 4 heterocycles. The first kappa shape index (κ1) is 18.9. The summed E-state index contributed by atoms with van der Waals surface area (Å²) in [5.74, 6) is -2.50. The first-order chi connectivity index (χ1) is 13.7. The molecule has 0 saturated carbocycles. The SMILES string of the molecule is O=C1C(=O)N(CC[NH+]2CCOCC2)C(c2cccnc2)C1C(=O)c1cccs1. The molecule has 146 valence electrons. The van der Waals surface area contributed by atoms with Crippen molar-refractivity contribution >= 4 is 28.8 Å². The van der Waals surface area contributed by atoms with Crippen LogP contribution in [0.3, 0.4) is 0 Å². The van der Waals surface area contributed by atoms with Gasteiger partial charge in [-0.05, 0) is 23.1 Å². The molecular weight excluding hydrogens is 378 g/mol. The maximum absolute atomic E-state index is 13.1. The molecule has 0 aromatic carbocycles. The molecule has 2 atom stereocenters. The van der Waals surface area contributed by atoms with Crippen LogP contribution >= 0.6 is 11.3 Å². The third kappa shape index (κ3) is 3.63. The molecule has 2 fully saturated rings. The van der Waals surface area contributed by atoms with E-state index in [1.54, 1.807) is 40.9 Å². The van der Waals surface area contributed by atoms with Gasteiger partial charge in [-0.25, -0.2) is 0 Å². The van der Waals surface area contributed by atoms with E-state index < -0.39 is 23.7 Å². The van der Waals surface area contributed by atoms with Gasteiger partial charge in [0.1, 0.15) is 19.0 Å². The Labute approximate surface area is 166 Å². The largest absolute Gasteiger partial charge is 0.370 e. The molecule has 0 radical (unpaired) electrons. The number of nitrogens with one attached hydrogen (secondary N) is 1. The highest BCUT2D eigenvalue weighted by Crippen LogP contribution is 2.38. The van der Waals surface area contributed by atoms with Gasteiger partial charge in [-0.15, -0.1) is 11.3 Å². The van der Waals surface area contributed by atoms with Gasteiger partial charge in [0.05, 0.1) is 37.2 Å². The number of quaternary nitrogens is 1. The quantitative estimate of drug-likeness (QED) is 0.420. The zero-order chi connectivity index (χ0) is 19.5. The van der Waals surface area contributed by atoms with Crippen LogP contribution in [0.15, 0.2) is 42.0 Å². The number of ether oxygens (including phenoxy) is 1. The van der Waals surface area contributed by atoms with E-state index in [0.29, 0.717) is 30.2 Å². The summed E-state index contributed by atoms with van der Waals surface area (Å²) in [7, 11) is 0. The van der Waals surface area contributed by atoms with Crippen LogP contribution in [0.1, 0.15) is 21.3 Å². The van der Waals surface area contributed by atoms with Gasteiger partial charge in [0, 0.05) is 12.4 Å². The molecule has 2 aliphatic heterocycles. The highest BCUT2D eigenvalue weighted by atomic mass is 32.1. The third-order valence-electron chi connectivity index (χ3n) is 5.38. The van der Waals surface area contributed by atoms with E-state index in [4.69, 9.17) is 4.74 Å². The predicted molar refractivity (Wildman–Crippen MR) is 102 cm³/mol. The van der Waals surface area contributed by atoms with E-state index in [-0.39, 0.29) is 5.78 Å². The summed E-state index contributed by atoms with van der Waals surface area (Å²) >= 11 is 1.29. The number of thiophene rings is 1. The van der Waals surface area contributed by atoms with Crippen LogP contribution < -0.4 is 4.90 Å². The molecule has 4 rings (SSSR count). The van der Waals surface area contributed by atoms with Crippen LogP contribution in [0.25, 0.3) is 0 Å². The van der Waals surface area contributed by atoms with Crippen molar-refractivity contribution in [3.63, 3.8) is 0 Å². The fraction of sp³-hybridized carbons (Fsp3) is 0.400. The van der Waals surface area contributed by atoms with Gasteiger partial charge in [0.15, 0.2) is 5.78 Å². The number of hydrogen-bond acceptors (Lipinski definition) is 6. The number of carbonyl (C=O) groups excluding carboxylic acids is 3. The third-order valence-corrected chi connectivity index (χ3v) is 6.27. The Morgan fingerprint density at radius 1 is 1.25 bits per heavy atom. The Morgan fingerprint density at radius 2 is 2.07 bits per heavy atom. The lowest BCUT2D eigenvalue weighted by atomic mass is 9.89. The second-order valence-corrected chi connectivity index (χ2v) is 7.97. The van der Waals surface area contributed by atoms with E-state index >= 15 is 0 Å². The van der Waals surface area contributed by atoms with Crippen molar-refractivity contribution in [3.8, 4) is 0 Å². The van der Waals surface area contributed by atoms with E-state index in [2.05, 4.69) is 4.98 Å². The summed E-state index contributed by atoms with van der Waals surface area (Å²) in [4.78, 5) is 46.3. The van der Waals surface area contributed by atoms with Crippen LogP contribution in [-0.2, 0) is 14.3 Å². The van der Waals surface area contributed by atoms with E-state index in [0.717, 1.165) is 19.6 Å². The number of aromatic nitrogens is 1. The average molecular weight is 400 g/mol. The predicted octanol–water partition coefficient (Wildman–Crippen LogP) is 0.00970. The lowest BCUT2D eigenvalue weighted by Crippen LogP contribution is -3.14. The Hall–Kier alpha value is -2.42. The first-order valence-corrected chi connectivity index (χ1v) is 10.3. The molecule has 0 aliphatic carbocycles. The maximum atomic E-state index is 13.1. The summed E-state index contributed by atoms with van der Waals surface area (Å²) in [5, 5.41) is 1.80. The maximum Gasteiger partial charge on any atom is 0.291 e. The smallest absolute Gasteiger partial charge is 0.291 e.